The van der Waals surface area contributed by atoms with Gasteiger partial charge in [0.25, 0.3) is 5.91 Å². The highest BCUT2D eigenvalue weighted by atomic mass is 32.2. The van der Waals surface area contributed by atoms with Crippen LogP contribution in [-0.2, 0) is 24.3 Å². The summed E-state index contributed by atoms with van der Waals surface area (Å²) >= 11 is 0. The zero-order valence-corrected chi connectivity index (χ0v) is 13.2. The minimum atomic E-state index is -4.11. The lowest BCUT2D eigenvalue weighted by Crippen LogP contribution is -2.44. The van der Waals surface area contributed by atoms with Gasteiger partial charge < -0.3 is 19.9 Å². The van der Waals surface area contributed by atoms with E-state index in [1.807, 2.05) is 4.72 Å². The topological polar surface area (TPSA) is 131 Å². The van der Waals surface area contributed by atoms with E-state index in [2.05, 4.69) is 10.1 Å². The number of aliphatic hydroxyl groups is 1. The van der Waals surface area contributed by atoms with E-state index >= 15 is 0 Å². The Morgan fingerprint density at radius 2 is 2.22 bits per heavy atom. The molecule has 0 fully saturated rings. The van der Waals surface area contributed by atoms with E-state index in [4.69, 9.17) is 9.84 Å². The number of methoxy groups -OCH3 is 1. The van der Waals surface area contributed by atoms with Gasteiger partial charge in [-0.05, 0) is 25.1 Å². The number of sulfonamides is 1. The quantitative estimate of drug-likeness (QED) is 0.597. The standard InChI is InChI=1S/C13H16N2O7S/c1-7-12(17)14-9-5-8(3-4-11(9)22-7)23(19,20)15-10(6-16)13(18)21-2/h3-5,7,10,15-16H,6H2,1-2H3,(H,14,17). The number of aliphatic hydroxyl groups excluding tert-OH is 1. The van der Waals surface area contributed by atoms with Crippen LogP contribution in [0.5, 0.6) is 5.75 Å². The fourth-order valence-electron chi connectivity index (χ4n) is 1.91. The summed E-state index contributed by atoms with van der Waals surface area (Å²) in [6, 6.07) is 2.43. The van der Waals surface area contributed by atoms with E-state index in [-0.39, 0.29) is 10.6 Å². The molecule has 0 spiro atoms. The van der Waals surface area contributed by atoms with Gasteiger partial charge in [-0.3, -0.25) is 9.59 Å². The first-order chi connectivity index (χ1) is 10.8. The van der Waals surface area contributed by atoms with Crippen molar-refractivity contribution in [2.75, 3.05) is 19.0 Å². The Morgan fingerprint density at radius 1 is 1.52 bits per heavy atom. The number of carbonyl (C=O) groups is 2. The predicted molar refractivity (Wildman–Crippen MR) is 78.4 cm³/mol. The number of rotatable bonds is 5. The average molecular weight is 344 g/mol. The SMILES string of the molecule is COC(=O)C(CO)NS(=O)(=O)c1ccc2c(c1)NC(=O)C(C)O2. The third-order valence-electron chi connectivity index (χ3n) is 3.16. The molecule has 2 atom stereocenters. The highest BCUT2D eigenvalue weighted by Crippen LogP contribution is 2.31. The van der Waals surface area contributed by atoms with Gasteiger partial charge in [0.05, 0.1) is 24.3 Å². The Morgan fingerprint density at radius 3 is 2.83 bits per heavy atom. The van der Waals surface area contributed by atoms with Crippen LogP contribution < -0.4 is 14.8 Å². The van der Waals surface area contributed by atoms with Gasteiger partial charge in [-0.15, -0.1) is 0 Å². The van der Waals surface area contributed by atoms with E-state index in [9.17, 15) is 18.0 Å². The molecule has 0 saturated heterocycles. The van der Waals surface area contributed by atoms with Crippen LogP contribution in [0.3, 0.4) is 0 Å². The van der Waals surface area contributed by atoms with E-state index < -0.39 is 40.7 Å². The van der Waals surface area contributed by atoms with Crippen molar-refractivity contribution in [1.29, 1.82) is 0 Å². The van der Waals surface area contributed by atoms with Crippen molar-refractivity contribution in [1.82, 2.24) is 4.72 Å². The molecule has 23 heavy (non-hydrogen) atoms. The summed E-state index contributed by atoms with van der Waals surface area (Å²) < 4.78 is 36.3. The zero-order chi connectivity index (χ0) is 17.2. The molecule has 1 aliphatic rings. The fourth-order valence-corrected chi connectivity index (χ4v) is 3.11. The minimum Gasteiger partial charge on any atom is -0.479 e. The van der Waals surface area contributed by atoms with Crippen LogP contribution in [0, 0.1) is 0 Å². The Kier molecular flexibility index (Phi) is 4.88. The number of carbonyl (C=O) groups excluding carboxylic acids is 2. The van der Waals surface area contributed by atoms with Crippen molar-refractivity contribution >= 4 is 27.6 Å². The smallest absolute Gasteiger partial charge is 0.326 e. The molecule has 0 radical (unpaired) electrons. The summed E-state index contributed by atoms with van der Waals surface area (Å²) in [5.41, 5.74) is 0.203. The molecule has 0 aliphatic carbocycles. The fraction of sp³-hybridized carbons (Fsp3) is 0.385. The number of fused-ring (bicyclic) bond motifs is 1. The van der Waals surface area contributed by atoms with Crippen LogP contribution in [0.1, 0.15) is 6.92 Å². The van der Waals surface area contributed by atoms with Crippen molar-refractivity contribution in [2.45, 2.75) is 24.0 Å². The van der Waals surface area contributed by atoms with Gasteiger partial charge in [0.15, 0.2) is 6.10 Å². The molecule has 10 heteroatoms. The molecule has 1 aromatic rings. The number of hydrogen-bond acceptors (Lipinski definition) is 7. The maximum atomic E-state index is 12.3. The van der Waals surface area contributed by atoms with Crippen LogP contribution in [0.4, 0.5) is 5.69 Å². The Hall–Kier alpha value is -2.17. The van der Waals surface area contributed by atoms with Crippen molar-refractivity contribution in [2.24, 2.45) is 0 Å². The van der Waals surface area contributed by atoms with E-state index in [0.29, 0.717) is 5.75 Å². The molecular weight excluding hydrogens is 328 g/mol. The summed E-state index contributed by atoms with van der Waals surface area (Å²) in [6.45, 7) is 0.806. The molecule has 1 aromatic carbocycles. The van der Waals surface area contributed by atoms with Crippen LogP contribution in [-0.4, -0.2) is 51.3 Å². The van der Waals surface area contributed by atoms with Crippen LogP contribution in [0.2, 0.25) is 0 Å². The highest BCUT2D eigenvalue weighted by molar-refractivity contribution is 7.89. The first-order valence-corrected chi connectivity index (χ1v) is 8.09. The highest BCUT2D eigenvalue weighted by Gasteiger charge is 2.28. The van der Waals surface area contributed by atoms with Crippen molar-refractivity contribution < 1.29 is 32.6 Å². The molecular formula is C13H16N2O7S. The molecule has 0 aromatic heterocycles. The molecule has 0 saturated carbocycles. The summed E-state index contributed by atoms with van der Waals surface area (Å²) in [5, 5.41) is 11.6. The van der Waals surface area contributed by atoms with Gasteiger partial charge in [0, 0.05) is 0 Å². The monoisotopic (exact) mass is 344 g/mol. The second kappa shape index (κ2) is 6.52. The van der Waals surface area contributed by atoms with E-state index in [1.54, 1.807) is 6.92 Å². The number of amides is 1. The van der Waals surface area contributed by atoms with Crippen LogP contribution >= 0.6 is 0 Å². The lowest BCUT2D eigenvalue weighted by molar-refractivity contribution is -0.143. The van der Waals surface area contributed by atoms with Crippen LogP contribution in [0.15, 0.2) is 23.1 Å². The second-order valence-electron chi connectivity index (χ2n) is 4.79. The normalized spacial score (nSPS) is 18.4. The maximum Gasteiger partial charge on any atom is 0.326 e. The molecule has 2 rings (SSSR count). The average Bonchev–Trinajstić information content (AvgIpc) is 2.52. The van der Waals surface area contributed by atoms with Crippen LogP contribution in [0.25, 0.3) is 0 Å². The first kappa shape index (κ1) is 17.2. The Bertz CT molecular complexity index is 732. The minimum absolute atomic E-state index is 0.197. The molecule has 3 N–H and O–H groups in total. The van der Waals surface area contributed by atoms with Crippen molar-refractivity contribution in [3.05, 3.63) is 18.2 Å². The lowest BCUT2D eigenvalue weighted by Gasteiger charge is -2.23. The lowest BCUT2D eigenvalue weighted by atomic mass is 10.2. The van der Waals surface area contributed by atoms with E-state index in [0.717, 1.165) is 7.11 Å². The number of esters is 1. The number of hydrogen-bond donors (Lipinski definition) is 3. The van der Waals surface area contributed by atoms with Gasteiger partial charge in [0.1, 0.15) is 11.8 Å². The van der Waals surface area contributed by atoms with Gasteiger partial charge >= 0.3 is 5.97 Å². The van der Waals surface area contributed by atoms with Gasteiger partial charge in [-0.2, -0.15) is 4.72 Å². The van der Waals surface area contributed by atoms with Crippen molar-refractivity contribution in [3.8, 4) is 5.75 Å². The first-order valence-electron chi connectivity index (χ1n) is 6.61. The molecule has 9 nitrogen and oxygen atoms in total. The van der Waals surface area contributed by atoms with E-state index in [1.165, 1.54) is 18.2 Å². The summed E-state index contributed by atoms with van der Waals surface area (Å²) in [4.78, 5) is 22.8. The third kappa shape index (κ3) is 3.60. The molecule has 1 heterocycles. The number of anilines is 1. The van der Waals surface area contributed by atoms with Gasteiger partial charge in [0.2, 0.25) is 10.0 Å². The number of ether oxygens (including phenoxy) is 2. The third-order valence-corrected chi connectivity index (χ3v) is 4.63. The zero-order valence-electron chi connectivity index (χ0n) is 12.4. The van der Waals surface area contributed by atoms with Gasteiger partial charge in [-0.1, -0.05) is 0 Å². The predicted octanol–water partition coefficient (Wildman–Crippen LogP) is -0.782. The van der Waals surface area contributed by atoms with Gasteiger partial charge in [-0.25, -0.2) is 8.42 Å². The molecule has 1 amide bonds. The summed E-state index contributed by atoms with van der Waals surface area (Å²) in [7, 11) is -3.03. The molecule has 2 unspecified atom stereocenters. The number of nitrogens with one attached hydrogen (secondary N) is 2. The summed E-state index contributed by atoms with van der Waals surface area (Å²) in [6.07, 6.45) is -0.679. The maximum absolute atomic E-state index is 12.3. The number of benzene rings is 1. The Labute approximate surface area is 132 Å². The summed E-state index contributed by atoms with van der Waals surface area (Å²) in [5.74, 6) is -0.981. The second-order valence-corrected chi connectivity index (χ2v) is 6.50. The molecule has 1 aliphatic heterocycles. The molecule has 0 bridgehead atoms. The largest absolute Gasteiger partial charge is 0.479 e. The Balaban J connectivity index is 2.29. The van der Waals surface area contributed by atoms with Crippen molar-refractivity contribution in [3.63, 3.8) is 0 Å². The molecule has 126 valence electrons.